The lowest BCUT2D eigenvalue weighted by Gasteiger charge is -2.12. The van der Waals surface area contributed by atoms with Crippen molar-refractivity contribution in [3.8, 4) is 0 Å². The third-order valence-electron chi connectivity index (χ3n) is 1.08. The highest BCUT2D eigenvalue weighted by atomic mass is 19.3. The van der Waals surface area contributed by atoms with Crippen LogP contribution >= 0.6 is 0 Å². The maximum absolute atomic E-state index is 12.1. The molecular weight excluding hydrogens is 122 g/mol. The van der Waals surface area contributed by atoms with E-state index in [2.05, 4.69) is 6.58 Å². The number of hydrogen-bond acceptors (Lipinski definition) is 0. The van der Waals surface area contributed by atoms with Crippen LogP contribution in [0.3, 0.4) is 0 Å². The lowest BCUT2D eigenvalue weighted by Crippen LogP contribution is -2.12. The molecule has 0 radical (unpaired) electrons. The van der Waals surface area contributed by atoms with Crippen molar-refractivity contribution in [2.75, 3.05) is 0 Å². The van der Waals surface area contributed by atoms with Gasteiger partial charge in [-0.1, -0.05) is 13.0 Å². The molecule has 0 aromatic rings. The molecule has 0 aromatic carbocycles. The molecule has 0 spiro atoms. The largest absolute Gasteiger partial charge is 0.246 e. The van der Waals surface area contributed by atoms with E-state index in [1.54, 1.807) is 6.92 Å². The normalized spacial score (nSPS) is 15.1. The first-order valence-corrected chi connectivity index (χ1v) is 2.96. The van der Waals surface area contributed by atoms with Gasteiger partial charge in [-0.25, -0.2) is 8.78 Å². The molecule has 0 nitrogen and oxygen atoms in total. The van der Waals surface area contributed by atoms with Crippen LogP contribution in [0.2, 0.25) is 0 Å². The third kappa shape index (κ3) is 5.47. The van der Waals surface area contributed by atoms with Gasteiger partial charge in [0.2, 0.25) is 5.92 Å². The molecule has 0 fully saturated rings. The van der Waals surface area contributed by atoms with E-state index in [1.807, 2.05) is 0 Å². The van der Waals surface area contributed by atoms with Crippen LogP contribution in [0.5, 0.6) is 0 Å². The Morgan fingerprint density at radius 1 is 1.67 bits per heavy atom. The average Bonchev–Trinajstić information content (AvgIpc) is 1.62. The summed E-state index contributed by atoms with van der Waals surface area (Å²) in [7, 11) is 0. The Hall–Kier alpha value is -0.400. The summed E-state index contributed by atoms with van der Waals surface area (Å²) in [5.74, 6) is -2.64. The first-order valence-electron chi connectivity index (χ1n) is 2.96. The van der Waals surface area contributed by atoms with Crippen LogP contribution in [0.1, 0.15) is 20.3 Å². The van der Waals surface area contributed by atoms with Crippen molar-refractivity contribution in [1.29, 1.82) is 0 Å². The second kappa shape index (κ2) is 2.95. The van der Waals surface area contributed by atoms with Gasteiger partial charge in [-0.05, 0) is 12.8 Å². The fourth-order valence-corrected chi connectivity index (χ4v) is 0.649. The second-order valence-corrected chi connectivity index (χ2v) is 2.49. The number of allylic oxidation sites excluding steroid dienone is 1. The van der Waals surface area contributed by atoms with Crippen molar-refractivity contribution in [2.45, 2.75) is 26.2 Å². The van der Waals surface area contributed by atoms with Gasteiger partial charge in [0, 0.05) is 6.42 Å². The number of alkyl halides is 2. The van der Waals surface area contributed by atoms with Gasteiger partial charge in [-0.3, -0.25) is 0 Å². The van der Waals surface area contributed by atoms with Crippen LogP contribution in [0.15, 0.2) is 12.7 Å². The van der Waals surface area contributed by atoms with Gasteiger partial charge in [-0.15, -0.1) is 6.58 Å². The quantitative estimate of drug-likeness (QED) is 0.520. The number of hydrogen-bond donors (Lipinski definition) is 0. The van der Waals surface area contributed by atoms with Crippen LogP contribution in [-0.4, -0.2) is 5.92 Å². The molecule has 0 saturated heterocycles. The Labute approximate surface area is 54.6 Å². The van der Waals surface area contributed by atoms with Crippen molar-refractivity contribution in [3.63, 3.8) is 0 Å². The lowest BCUT2D eigenvalue weighted by atomic mass is 10.0. The Balaban J connectivity index is 3.59. The predicted octanol–water partition coefficient (Wildman–Crippen LogP) is 2.85. The van der Waals surface area contributed by atoms with E-state index in [0.717, 1.165) is 6.92 Å². The summed E-state index contributed by atoms with van der Waals surface area (Å²) in [6, 6.07) is 0. The van der Waals surface area contributed by atoms with Gasteiger partial charge < -0.3 is 0 Å². The van der Waals surface area contributed by atoms with Gasteiger partial charge in [0.25, 0.3) is 0 Å². The first kappa shape index (κ1) is 8.60. The molecule has 0 aliphatic rings. The summed E-state index contributed by atoms with van der Waals surface area (Å²) in [6.07, 6.45) is 1.44. The van der Waals surface area contributed by atoms with E-state index >= 15 is 0 Å². The van der Waals surface area contributed by atoms with E-state index in [1.165, 1.54) is 6.08 Å². The lowest BCUT2D eigenvalue weighted by molar-refractivity contribution is 0.00406. The molecule has 0 amide bonds. The summed E-state index contributed by atoms with van der Waals surface area (Å²) in [6.45, 7) is 6.06. The minimum atomic E-state index is -2.55. The van der Waals surface area contributed by atoms with Gasteiger partial charge in [0.05, 0.1) is 0 Å². The second-order valence-electron chi connectivity index (χ2n) is 2.49. The Kier molecular flexibility index (Phi) is 2.82. The smallest absolute Gasteiger partial charge is 0.207 e. The predicted molar refractivity (Wildman–Crippen MR) is 34.6 cm³/mol. The molecule has 0 saturated carbocycles. The average molecular weight is 134 g/mol. The number of halogens is 2. The minimum absolute atomic E-state index is 0.0926. The molecule has 0 rings (SSSR count). The van der Waals surface area contributed by atoms with Crippen LogP contribution in [0.4, 0.5) is 8.78 Å². The topological polar surface area (TPSA) is 0 Å². The van der Waals surface area contributed by atoms with Crippen molar-refractivity contribution < 1.29 is 8.78 Å². The minimum Gasteiger partial charge on any atom is -0.207 e. The first-order chi connectivity index (χ1) is 3.95. The van der Waals surface area contributed by atoms with E-state index in [4.69, 9.17) is 0 Å². The van der Waals surface area contributed by atoms with Gasteiger partial charge in [0.1, 0.15) is 0 Å². The van der Waals surface area contributed by atoms with Gasteiger partial charge in [-0.2, -0.15) is 0 Å². The molecule has 0 N–H and O–H groups in total. The molecule has 0 aliphatic carbocycles. The molecule has 0 aromatic heterocycles. The van der Waals surface area contributed by atoms with Crippen molar-refractivity contribution >= 4 is 0 Å². The Bertz CT molecular complexity index is 91.6. The zero-order valence-electron chi connectivity index (χ0n) is 5.82. The van der Waals surface area contributed by atoms with Crippen LogP contribution in [0.25, 0.3) is 0 Å². The third-order valence-corrected chi connectivity index (χ3v) is 1.08. The molecule has 1 atom stereocenters. The van der Waals surface area contributed by atoms with Crippen molar-refractivity contribution in [1.82, 2.24) is 0 Å². The zero-order valence-corrected chi connectivity index (χ0v) is 5.82. The monoisotopic (exact) mass is 134 g/mol. The molecule has 0 heterocycles. The van der Waals surface area contributed by atoms with Crippen LogP contribution in [-0.2, 0) is 0 Å². The zero-order chi connectivity index (χ0) is 7.49. The number of rotatable bonds is 3. The van der Waals surface area contributed by atoms with Gasteiger partial charge >= 0.3 is 0 Å². The summed E-state index contributed by atoms with van der Waals surface area (Å²) in [5.41, 5.74) is 0. The molecular formula is C7H12F2. The highest BCUT2D eigenvalue weighted by molar-refractivity contribution is 4.78. The van der Waals surface area contributed by atoms with Crippen molar-refractivity contribution in [2.24, 2.45) is 5.92 Å². The highest BCUT2D eigenvalue weighted by Crippen LogP contribution is 2.22. The fourth-order valence-electron chi connectivity index (χ4n) is 0.649. The fraction of sp³-hybridized carbons (Fsp3) is 0.714. The molecule has 0 aliphatic heterocycles. The van der Waals surface area contributed by atoms with Gasteiger partial charge in [0.15, 0.2) is 0 Å². The molecule has 54 valence electrons. The van der Waals surface area contributed by atoms with E-state index in [9.17, 15) is 8.78 Å². The summed E-state index contributed by atoms with van der Waals surface area (Å²) < 4.78 is 24.2. The Morgan fingerprint density at radius 3 is 2.22 bits per heavy atom. The van der Waals surface area contributed by atoms with Crippen molar-refractivity contribution in [3.05, 3.63) is 12.7 Å². The maximum Gasteiger partial charge on any atom is 0.246 e. The summed E-state index contributed by atoms with van der Waals surface area (Å²) in [5, 5.41) is 0. The van der Waals surface area contributed by atoms with E-state index in [0.29, 0.717) is 0 Å². The van der Waals surface area contributed by atoms with Crippen LogP contribution < -0.4 is 0 Å². The SMILES string of the molecule is C=CC(C)CC(C)(F)F. The van der Waals surface area contributed by atoms with E-state index < -0.39 is 5.92 Å². The van der Waals surface area contributed by atoms with Crippen LogP contribution in [0, 0.1) is 5.92 Å². The summed E-state index contributed by atoms with van der Waals surface area (Å²) >= 11 is 0. The molecule has 2 heteroatoms. The molecule has 0 bridgehead atoms. The molecule has 9 heavy (non-hydrogen) atoms. The Morgan fingerprint density at radius 2 is 2.11 bits per heavy atom. The standard InChI is InChI=1S/C7H12F2/c1-4-6(2)5-7(3,8)9/h4,6H,1,5H2,2-3H3. The van der Waals surface area contributed by atoms with E-state index in [-0.39, 0.29) is 12.3 Å². The maximum atomic E-state index is 12.1. The molecule has 1 unspecified atom stereocenters. The highest BCUT2D eigenvalue weighted by Gasteiger charge is 2.22. The summed E-state index contributed by atoms with van der Waals surface area (Å²) in [4.78, 5) is 0.